The van der Waals surface area contributed by atoms with Crippen molar-refractivity contribution in [1.29, 1.82) is 0 Å². The highest BCUT2D eigenvalue weighted by atomic mass is 19.1. The van der Waals surface area contributed by atoms with Gasteiger partial charge in [-0.2, -0.15) is 4.68 Å². The molecule has 9 nitrogen and oxygen atoms in total. The summed E-state index contributed by atoms with van der Waals surface area (Å²) in [6, 6.07) is 11.2. The van der Waals surface area contributed by atoms with Gasteiger partial charge in [0.15, 0.2) is 11.5 Å². The van der Waals surface area contributed by atoms with Gasteiger partial charge in [0.25, 0.3) is 0 Å². The van der Waals surface area contributed by atoms with Crippen LogP contribution in [0.1, 0.15) is 50.8 Å². The molecule has 10 heteroatoms. The number of unbranched alkanes of at least 4 members (excludes halogenated alkanes) is 1. The molecule has 0 fully saturated rings. The molecule has 184 valence electrons. The summed E-state index contributed by atoms with van der Waals surface area (Å²) in [4.78, 5) is 13.1. The molecular weight excluding hydrogens is 453 g/mol. The number of hydrogen-bond donors (Lipinski definition) is 1. The lowest BCUT2D eigenvalue weighted by Gasteiger charge is -2.28. The van der Waals surface area contributed by atoms with Crippen molar-refractivity contribution in [3.8, 4) is 11.5 Å². The van der Waals surface area contributed by atoms with E-state index in [1.54, 1.807) is 37.3 Å². The minimum atomic E-state index is -0.629. The van der Waals surface area contributed by atoms with Gasteiger partial charge in [-0.05, 0) is 54.5 Å². The van der Waals surface area contributed by atoms with E-state index in [2.05, 4.69) is 20.8 Å². The molecule has 1 aliphatic heterocycles. The molecule has 1 atom stereocenters. The smallest absolute Gasteiger partial charge is 0.338 e. The molecule has 0 bridgehead atoms. The fourth-order valence-corrected chi connectivity index (χ4v) is 3.83. The lowest BCUT2D eigenvalue weighted by Crippen LogP contribution is -2.30. The van der Waals surface area contributed by atoms with Crippen LogP contribution in [0.2, 0.25) is 0 Å². The summed E-state index contributed by atoms with van der Waals surface area (Å²) in [5.74, 6) is 0.557. The van der Waals surface area contributed by atoms with Crippen molar-refractivity contribution < 1.29 is 23.4 Å². The summed E-state index contributed by atoms with van der Waals surface area (Å²) in [7, 11) is 0. The van der Waals surface area contributed by atoms with Gasteiger partial charge in [-0.1, -0.05) is 42.7 Å². The van der Waals surface area contributed by atoms with E-state index < -0.39 is 12.0 Å². The molecule has 2 heterocycles. The maximum Gasteiger partial charge on any atom is 0.338 e. The quantitative estimate of drug-likeness (QED) is 0.336. The van der Waals surface area contributed by atoms with E-state index in [1.165, 1.54) is 10.7 Å². The van der Waals surface area contributed by atoms with Crippen LogP contribution < -0.4 is 14.8 Å². The predicted octanol–water partition coefficient (Wildman–Crippen LogP) is 4.42. The summed E-state index contributed by atoms with van der Waals surface area (Å²) >= 11 is 0. The van der Waals surface area contributed by atoms with Crippen molar-refractivity contribution in [2.75, 3.05) is 18.5 Å². The van der Waals surface area contributed by atoms with Crippen molar-refractivity contribution in [1.82, 2.24) is 20.2 Å². The van der Waals surface area contributed by atoms with Gasteiger partial charge < -0.3 is 19.5 Å². The Bertz CT molecular complexity index is 1230. The Morgan fingerprint density at radius 2 is 1.97 bits per heavy atom. The third-order valence-corrected chi connectivity index (χ3v) is 5.59. The number of rotatable bonds is 10. The second-order valence-electron chi connectivity index (χ2n) is 8.02. The molecule has 0 spiro atoms. The Morgan fingerprint density at radius 1 is 1.14 bits per heavy atom. The number of carbonyl (C=O) groups is 1. The van der Waals surface area contributed by atoms with Crippen LogP contribution >= 0.6 is 0 Å². The van der Waals surface area contributed by atoms with Gasteiger partial charge in [0.2, 0.25) is 5.95 Å². The van der Waals surface area contributed by atoms with E-state index in [0.29, 0.717) is 53.1 Å². The first-order valence-electron chi connectivity index (χ1n) is 11.6. The number of hydrogen-bond acceptors (Lipinski definition) is 8. The molecule has 0 saturated carbocycles. The van der Waals surface area contributed by atoms with Crippen LogP contribution in [0.5, 0.6) is 11.5 Å². The fourth-order valence-electron chi connectivity index (χ4n) is 3.83. The molecular formula is C25H28FN5O4. The summed E-state index contributed by atoms with van der Waals surface area (Å²) in [5.41, 5.74) is 2.16. The predicted molar refractivity (Wildman–Crippen MR) is 126 cm³/mol. The molecule has 1 aromatic heterocycles. The van der Waals surface area contributed by atoms with Gasteiger partial charge in [0.1, 0.15) is 18.5 Å². The maximum atomic E-state index is 14.0. The standard InChI is InChI=1S/C25H28FN5O4/c1-4-6-13-34-24(32)22-16(3)27-25-28-29-30-31(25)23(22)17-11-12-20(21(14-17)33-5-2)35-15-18-9-7-8-10-19(18)26/h7-12,14,23H,4-6,13,15H2,1-3H3,(H,27,28,30). The molecule has 1 unspecified atom stereocenters. The lowest BCUT2D eigenvalue weighted by atomic mass is 9.95. The molecule has 35 heavy (non-hydrogen) atoms. The van der Waals surface area contributed by atoms with E-state index in [0.717, 1.165) is 12.8 Å². The van der Waals surface area contributed by atoms with E-state index in [9.17, 15) is 9.18 Å². The van der Waals surface area contributed by atoms with E-state index in [-0.39, 0.29) is 12.4 Å². The number of fused-ring (bicyclic) bond motifs is 1. The Kier molecular flexibility index (Phi) is 7.59. The molecule has 4 rings (SSSR count). The molecule has 0 aliphatic carbocycles. The van der Waals surface area contributed by atoms with Crippen LogP contribution in [-0.4, -0.2) is 39.4 Å². The minimum absolute atomic E-state index is 0.0462. The van der Waals surface area contributed by atoms with Gasteiger partial charge in [-0.15, -0.1) is 0 Å². The van der Waals surface area contributed by atoms with Crippen LogP contribution in [0.25, 0.3) is 0 Å². The van der Waals surface area contributed by atoms with Crippen molar-refractivity contribution in [2.24, 2.45) is 0 Å². The van der Waals surface area contributed by atoms with Crippen LogP contribution in [-0.2, 0) is 16.1 Å². The van der Waals surface area contributed by atoms with Crippen LogP contribution in [0.15, 0.2) is 53.7 Å². The first-order valence-corrected chi connectivity index (χ1v) is 11.6. The normalized spacial score (nSPS) is 14.8. The molecule has 0 amide bonds. The minimum Gasteiger partial charge on any atom is -0.490 e. The number of carbonyl (C=O) groups excluding carboxylic acids is 1. The first kappa shape index (κ1) is 24.2. The highest BCUT2D eigenvalue weighted by molar-refractivity contribution is 5.92. The van der Waals surface area contributed by atoms with Crippen LogP contribution in [0, 0.1) is 5.82 Å². The average Bonchev–Trinajstić information content (AvgIpc) is 3.31. The maximum absolute atomic E-state index is 14.0. The number of tetrazole rings is 1. The van der Waals surface area contributed by atoms with E-state index in [1.807, 2.05) is 19.9 Å². The molecule has 0 radical (unpaired) electrons. The number of anilines is 1. The second-order valence-corrected chi connectivity index (χ2v) is 8.02. The number of benzene rings is 2. The Labute approximate surface area is 202 Å². The topological polar surface area (TPSA) is 100 Å². The summed E-state index contributed by atoms with van der Waals surface area (Å²) < 4.78 is 32.8. The van der Waals surface area contributed by atoms with E-state index >= 15 is 0 Å². The second kappa shape index (κ2) is 11.0. The fraction of sp³-hybridized carbons (Fsp3) is 0.360. The summed E-state index contributed by atoms with van der Waals surface area (Å²) in [5, 5.41) is 14.9. The van der Waals surface area contributed by atoms with Gasteiger partial charge in [0.05, 0.1) is 18.8 Å². The zero-order valence-electron chi connectivity index (χ0n) is 20.0. The largest absolute Gasteiger partial charge is 0.490 e. The van der Waals surface area contributed by atoms with Crippen molar-refractivity contribution in [3.05, 3.63) is 70.7 Å². The number of halogens is 1. The Balaban J connectivity index is 1.67. The lowest BCUT2D eigenvalue weighted by molar-refractivity contribution is -0.139. The Morgan fingerprint density at radius 3 is 2.74 bits per heavy atom. The number of nitrogens with one attached hydrogen (secondary N) is 1. The van der Waals surface area contributed by atoms with Gasteiger partial charge in [-0.25, -0.2) is 9.18 Å². The van der Waals surface area contributed by atoms with Crippen molar-refractivity contribution in [3.63, 3.8) is 0 Å². The zero-order valence-corrected chi connectivity index (χ0v) is 20.0. The van der Waals surface area contributed by atoms with Gasteiger partial charge >= 0.3 is 5.97 Å². The average molecular weight is 482 g/mol. The molecule has 3 aromatic rings. The highest BCUT2D eigenvalue weighted by Gasteiger charge is 2.35. The molecule has 1 aliphatic rings. The van der Waals surface area contributed by atoms with Crippen LogP contribution in [0.4, 0.5) is 10.3 Å². The zero-order chi connectivity index (χ0) is 24.8. The third-order valence-electron chi connectivity index (χ3n) is 5.59. The third kappa shape index (κ3) is 5.26. The SMILES string of the molecule is CCCCOC(=O)C1=C(C)Nc2nnnn2C1c1ccc(OCc2ccccc2F)c(OCC)c1. The first-order chi connectivity index (χ1) is 17.0. The van der Waals surface area contributed by atoms with Crippen molar-refractivity contribution in [2.45, 2.75) is 46.3 Å². The number of allylic oxidation sites excluding steroid dienone is 1. The molecule has 0 saturated heterocycles. The number of aromatic nitrogens is 4. The Hall–Kier alpha value is -3.95. The molecule has 2 aromatic carbocycles. The van der Waals surface area contributed by atoms with Crippen LogP contribution in [0.3, 0.4) is 0 Å². The molecule has 1 N–H and O–H groups in total. The van der Waals surface area contributed by atoms with Gasteiger partial charge in [0, 0.05) is 11.3 Å². The number of ether oxygens (including phenoxy) is 3. The summed E-state index contributed by atoms with van der Waals surface area (Å²) in [6.07, 6.45) is 1.69. The number of nitrogens with zero attached hydrogens (tertiary/aromatic N) is 4. The summed E-state index contributed by atoms with van der Waals surface area (Å²) in [6.45, 7) is 6.44. The van der Waals surface area contributed by atoms with Crippen molar-refractivity contribution >= 4 is 11.9 Å². The monoisotopic (exact) mass is 481 g/mol. The number of esters is 1. The van der Waals surface area contributed by atoms with Gasteiger partial charge in [-0.3, -0.25) is 0 Å². The highest BCUT2D eigenvalue weighted by Crippen LogP contribution is 2.39. The van der Waals surface area contributed by atoms with E-state index in [4.69, 9.17) is 14.2 Å².